The maximum absolute atomic E-state index is 11.7. The Hall–Kier alpha value is -2.10. The number of ether oxygens (including phenoxy) is 1. The van der Waals surface area contributed by atoms with Gasteiger partial charge in [-0.3, -0.25) is 4.98 Å². The number of aromatic nitrogens is 2. The Labute approximate surface area is 99.7 Å². The van der Waals surface area contributed by atoms with Crippen LogP contribution < -0.4 is 0 Å². The largest absolute Gasteiger partial charge is 0.461 e. The van der Waals surface area contributed by atoms with E-state index in [2.05, 4.69) is 9.97 Å². The summed E-state index contributed by atoms with van der Waals surface area (Å²) in [5.41, 5.74) is 3.32. The summed E-state index contributed by atoms with van der Waals surface area (Å²) in [4.78, 5) is 18.7. The number of nitrogens with one attached hydrogen (secondary N) is 1. The Bertz CT molecular complexity index is 532. The smallest absolute Gasteiger partial charge is 0.355 e. The van der Waals surface area contributed by atoms with Crippen molar-refractivity contribution in [1.29, 1.82) is 0 Å². The van der Waals surface area contributed by atoms with Gasteiger partial charge in [0.25, 0.3) is 0 Å². The number of hydrogen-bond donors (Lipinski definition) is 1. The number of carbonyl (C=O) groups excluding carboxylic acids is 1. The minimum Gasteiger partial charge on any atom is -0.461 e. The number of esters is 1. The molecule has 2 heterocycles. The number of pyridine rings is 1. The van der Waals surface area contributed by atoms with Gasteiger partial charge in [0, 0.05) is 29.7 Å². The minimum atomic E-state index is -0.337. The molecular formula is C13H14N2O2. The van der Waals surface area contributed by atoms with Crippen LogP contribution in [-0.4, -0.2) is 22.5 Å². The zero-order valence-corrected chi connectivity index (χ0v) is 9.86. The lowest BCUT2D eigenvalue weighted by atomic mass is 10.0. The van der Waals surface area contributed by atoms with Crippen molar-refractivity contribution in [3.63, 3.8) is 0 Å². The maximum Gasteiger partial charge on any atom is 0.355 e. The van der Waals surface area contributed by atoms with Crippen LogP contribution in [0.2, 0.25) is 0 Å². The van der Waals surface area contributed by atoms with Crippen molar-refractivity contribution in [2.45, 2.75) is 13.8 Å². The topological polar surface area (TPSA) is 55.0 Å². The van der Waals surface area contributed by atoms with Gasteiger partial charge in [0.1, 0.15) is 5.69 Å². The molecule has 0 aliphatic carbocycles. The first-order valence-corrected chi connectivity index (χ1v) is 5.49. The number of hydrogen-bond acceptors (Lipinski definition) is 3. The fourth-order valence-corrected chi connectivity index (χ4v) is 1.71. The minimum absolute atomic E-state index is 0.337. The van der Waals surface area contributed by atoms with Gasteiger partial charge >= 0.3 is 5.97 Å². The molecule has 4 heteroatoms. The maximum atomic E-state index is 11.7. The number of aryl methyl sites for hydroxylation is 1. The molecule has 17 heavy (non-hydrogen) atoms. The molecule has 0 atom stereocenters. The summed E-state index contributed by atoms with van der Waals surface area (Å²) in [6.45, 7) is 4.14. The van der Waals surface area contributed by atoms with E-state index in [1.807, 2.05) is 19.1 Å². The van der Waals surface area contributed by atoms with Crippen molar-refractivity contribution in [3.8, 4) is 11.1 Å². The molecule has 0 spiro atoms. The zero-order chi connectivity index (χ0) is 12.3. The molecule has 0 aliphatic heterocycles. The molecule has 0 saturated carbocycles. The van der Waals surface area contributed by atoms with E-state index in [1.165, 1.54) is 0 Å². The molecule has 2 aromatic heterocycles. The summed E-state index contributed by atoms with van der Waals surface area (Å²) in [6.07, 6.45) is 5.21. The van der Waals surface area contributed by atoms with E-state index >= 15 is 0 Å². The van der Waals surface area contributed by atoms with Crippen molar-refractivity contribution in [2.24, 2.45) is 0 Å². The van der Waals surface area contributed by atoms with E-state index in [-0.39, 0.29) is 5.97 Å². The van der Waals surface area contributed by atoms with Crippen LogP contribution in [0.3, 0.4) is 0 Å². The van der Waals surface area contributed by atoms with Crippen LogP contribution >= 0.6 is 0 Å². The molecule has 0 bridgehead atoms. The highest BCUT2D eigenvalue weighted by Crippen LogP contribution is 2.25. The van der Waals surface area contributed by atoms with Crippen LogP contribution in [0.4, 0.5) is 0 Å². The third kappa shape index (κ3) is 2.20. The number of aromatic amines is 1. The van der Waals surface area contributed by atoms with Gasteiger partial charge in [0.15, 0.2) is 0 Å². The summed E-state index contributed by atoms with van der Waals surface area (Å²) in [5.74, 6) is -0.337. The van der Waals surface area contributed by atoms with E-state index in [0.29, 0.717) is 12.3 Å². The second-order valence-electron chi connectivity index (χ2n) is 3.68. The summed E-state index contributed by atoms with van der Waals surface area (Å²) in [7, 11) is 0. The van der Waals surface area contributed by atoms with Crippen LogP contribution in [0.1, 0.15) is 23.0 Å². The molecule has 0 radical (unpaired) electrons. The lowest BCUT2D eigenvalue weighted by Gasteiger charge is -2.06. The molecule has 0 aromatic carbocycles. The van der Waals surface area contributed by atoms with Crippen molar-refractivity contribution >= 4 is 5.97 Å². The fraction of sp³-hybridized carbons (Fsp3) is 0.231. The molecule has 2 aromatic rings. The fourth-order valence-electron chi connectivity index (χ4n) is 1.71. The zero-order valence-electron chi connectivity index (χ0n) is 9.86. The van der Waals surface area contributed by atoms with Crippen molar-refractivity contribution in [2.75, 3.05) is 6.61 Å². The van der Waals surface area contributed by atoms with E-state index < -0.39 is 0 Å². The SMILES string of the molecule is CCOC(=O)c1[nH]ccc1-c1cnccc1C. The van der Waals surface area contributed by atoms with Gasteiger partial charge in [0.05, 0.1) is 6.61 Å². The first kappa shape index (κ1) is 11.4. The highest BCUT2D eigenvalue weighted by atomic mass is 16.5. The second-order valence-corrected chi connectivity index (χ2v) is 3.68. The first-order chi connectivity index (χ1) is 8.24. The number of H-pyrrole nitrogens is 1. The van der Waals surface area contributed by atoms with Gasteiger partial charge in [-0.1, -0.05) is 0 Å². The summed E-state index contributed by atoms with van der Waals surface area (Å²) in [6, 6.07) is 3.77. The quantitative estimate of drug-likeness (QED) is 0.824. The Morgan fingerprint density at radius 3 is 2.94 bits per heavy atom. The summed E-state index contributed by atoms with van der Waals surface area (Å²) >= 11 is 0. The van der Waals surface area contributed by atoms with Gasteiger partial charge in [0.2, 0.25) is 0 Å². The third-order valence-corrected chi connectivity index (χ3v) is 2.56. The Morgan fingerprint density at radius 1 is 1.41 bits per heavy atom. The molecule has 1 N–H and O–H groups in total. The molecule has 0 unspecified atom stereocenters. The number of nitrogens with zero attached hydrogens (tertiary/aromatic N) is 1. The Kier molecular flexibility index (Phi) is 3.23. The standard InChI is InChI=1S/C13H14N2O2/c1-3-17-13(16)12-10(5-7-15-12)11-8-14-6-4-9(11)2/h4-8,15H,3H2,1-2H3. The summed E-state index contributed by atoms with van der Waals surface area (Å²) < 4.78 is 5.00. The van der Waals surface area contributed by atoms with Crippen molar-refractivity contribution in [3.05, 3.63) is 42.0 Å². The lowest BCUT2D eigenvalue weighted by Crippen LogP contribution is -2.06. The number of rotatable bonds is 3. The summed E-state index contributed by atoms with van der Waals surface area (Å²) in [5, 5.41) is 0. The van der Waals surface area contributed by atoms with Crippen LogP contribution in [0, 0.1) is 6.92 Å². The highest BCUT2D eigenvalue weighted by molar-refractivity contribution is 5.95. The van der Waals surface area contributed by atoms with Crippen LogP contribution in [-0.2, 0) is 4.74 Å². The first-order valence-electron chi connectivity index (χ1n) is 5.49. The third-order valence-electron chi connectivity index (χ3n) is 2.56. The van der Waals surface area contributed by atoms with E-state index in [4.69, 9.17) is 4.74 Å². The average Bonchev–Trinajstić information content (AvgIpc) is 2.79. The molecule has 4 nitrogen and oxygen atoms in total. The van der Waals surface area contributed by atoms with Gasteiger partial charge in [-0.15, -0.1) is 0 Å². The predicted octanol–water partition coefficient (Wildman–Crippen LogP) is 2.56. The van der Waals surface area contributed by atoms with Gasteiger partial charge in [-0.25, -0.2) is 4.79 Å². The van der Waals surface area contributed by atoms with Crippen molar-refractivity contribution < 1.29 is 9.53 Å². The molecular weight excluding hydrogens is 216 g/mol. The normalized spacial score (nSPS) is 10.2. The van der Waals surface area contributed by atoms with Gasteiger partial charge in [-0.05, 0) is 31.5 Å². The van der Waals surface area contributed by atoms with E-state index in [9.17, 15) is 4.79 Å². The highest BCUT2D eigenvalue weighted by Gasteiger charge is 2.16. The second kappa shape index (κ2) is 4.82. The molecule has 88 valence electrons. The molecule has 2 rings (SSSR count). The molecule has 0 amide bonds. The lowest BCUT2D eigenvalue weighted by molar-refractivity contribution is 0.0521. The Morgan fingerprint density at radius 2 is 2.24 bits per heavy atom. The van der Waals surface area contributed by atoms with Gasteiger partial charge < -0.3 is 9.72 Å². The monoisotopic (exact) mass is 230 g/mol. The van der Waals surface area contributed by atoms with Crippen LogP contribution in [0.15, 0.2) is 30.7 Å². The molecule has 0 fully saturated rings. The van der Waals surface area contributed by atoms with Crippen LogP contribution in [0.5, 0.6) is 0 Å². The molecule has 0 aliphatic rings. The van der Waals surface area contributed by atoms with E-state index in [1.54, 1.807) is 25.5 Å². The average molecular weight is 230 g/mol. The number of carbonyl (C=O) groups is 1. The van der Waals surface area contributed by atoms with E-state index in [0.717, 1.165) is 16.7 Å². The predicted molar refractivity (Wildman–Crippen MR) is 64.7 cm³/mol. The van der Waals surface area contributed by atoms with Crippen LogP contribution in [0.25, 0.3) is 11.1 Å². The van der Waals surface area contributed by atoms with Gasteiger partial charge in [-0.2, -0.15) is 0 Å². The molecule has 0 saturated heterocycles. The van der Waals surface area contributed by atoms with Crippen molar-refractivity contribution in [1.82, 2.24) is 9.97 Å². The Balaban J connectivity index is 2.44.